The third kappa shape index (κ3) is 3.84. The van der Waals surface area contributed by atoms with Gasteiger partial charge in [-0.15, -0.1) is 0 Å². The molecule has 2 aromatic rings. The van der Waals surface area contributed by atoms with E-state index in [0.717, 1.165) is 29.9 Å². The normalized spacial score (nSPS) is 24.8. The number of carbonyl (C=O) groups excluding carboxylic acids is 1. The lowest BCUT2D eigenvalue weighted by Gasteiger charge is -2.38. The first kappa shape index (κ1) is 20.1. The van der Waals surface area contributed by atoms with Crippen molar-refractivity contribution in [2.75, 3.05) is 27.2 Å². The van der Waals surface area contributed by atoms with Crippen molar-refractivity contribution in [1.29, 1.82) is 0 Å². The second kappa shape index (κ2) is 7.59. The van der Waals surface area contributed by atoms with Crippen LogP contribution in [-0.4, -0.2) is 56.2 Å². The molecule has 1 aromatic carbocycles. The molecular weight excluding hydrogens is 390 g/mol. The standard InChI is InChI=1S/C21H27N3O4S/c1-14-7-10-19(28-14)15-5-4-6-16(11-15)21(25)22-20-17-8-9-18(20)13-24(12-17)29(26,27)23(2)3/h4-7,10-11,17-18,20H,8-9,12-13H2,1-3H3,(H,22,25)/t17-,18+,20?. The Hall–Kier alpha value is -2.16. The van der Waals surface area contributed by atoms with Gasteiger partial charge in [0.15, 0.2) is 0 Å². The van der Waals surface area contributed by atoms with Crippen LogP contribution in [0.5, 0.6) is 0 Å². The first-order valence-corrected chi connectivity index (χ1v) is 11.3. The van der Waals surface area contributed by atoms with Crippen LogP contribution in [0.3, 0.4) is 0 Å². The van der Waals surface area contributed by atoms with E-state index in [0.29, 0.717) is 18.7 Å². The van der Waals surface area contributed by atoms with E-state index < -0.39 is 10.2 Å². The Labute approximate surface area is 171 Å². The van der Waals surface area contributed by atoms with Gasteiger partial charge in [0.25, 0.3) is 16.1 Å². The third-order valence-electron chi connectivity index (χ3n) is 6.04. The minimum atomic E-state index is -3.42. The van der Waals surface area contributed by atoms with Crippen LogP contribution in [0.25, 0.3) is 11.3 Å². The first-order chi connectivity index (χ1) is 13.8. The Morgan fingerprint density at radius 3 is 2.41 bits per heavy atom. The number of fused-ring (bicyclic) bond motifs is 2. The van der Waals surface area contributed by atoms with Crippen molar-refractivity contribution in [2.24, 2.45) is 11.8 Å². The van der Waals surface area contributed by atoms with Gasteiger partial charge in [-0.25, -0.2) is 0 Å². The molecule has 4 rings (SSSR count). The molecule has 2 aliphatic rings. The average molecular weight is 418 g/mol. The van der Waals surface area contributed by atoms with E-state index in [1.807, 2.05) is 37.3 Å². The summed E-state index contributed by atoms with van der Waals surface area (Å²) in [5.41, 5.74) is 1.44. The molecule has 3 atom stereocenters. The minimum Gasteiger partial charge on any atom is -0.461 e. The number of rotatable bonds is 5. The molecule has 1 saturated carbocycles. The lowest BCUT2D eigenvalue weighted by molar-refractivity contribution is 0.0886. The Balaban J connectivity index is 1.48. The maximum Gasteiger partial charge on any atom is 0.281 e. The Bertz CT molecular complexity index is 1000. The number of amides is 1. The van der Waals surface area contributed by atoms with Crippen LogP contribution in [0.2, 0.25) is 0 Å². The molecule has 1 aliphatic heterocycles. The molecule has 2 heterocycles. The number of furan rings is 1. The van der Waals surface area contributed by atoms with Crippen molar-refractivity contribution in [3.05, 3.63) is 47.7 Å². The van der Waals surface area contributed by atoms with E-state index in [-0.39, 0.29) is 23.8 Å². The van der Waals surface area contributed by atoms with Crippen LogP contribution in [-0.2, 0) is 10.2 Å². The largest absolute Gasteiger partial charge is 0.461 e. The fourth-order valence-electron chi connectivity index (χ4n) is 4.47. The number of nitrogens with one attached hydrogen (secondary N) is 1. The topological polar surface area (TPSA) is 82.9 Å². The van der Waals surface area contributed by atoms with Gasteiger partial charge >= 0.3 is 0 Å². The molecule has 0 spiro atoms. The summed E-state index contributed by atoms with van der Waals surface area (Å²) < 4.78 is 33.4. The first-order valence-electron chi connectivity index (χ1n) is 9.91. The summed E-state index contributed by atoms with van der Waals surface area (Å²) >= 11 is 0. The van der Waals surface area contributed by atoms with E-state index in [9.17, 15) is 13.2 Å². The third-order valence-corrected chi connectivity index (χ3v) is 7.91. The van der Waals surface area contributed by atoms with Crippen LogP contribution in [0, 0.1) is 18.8 Å². The molecule has 2 fully saturated rings. The van der Waals surface area contributed by atoms with Crippen molar-refractivity contribution < 1.29 is 17.6 Å². The molecule has 1 saturated heterocycles. The van der Waals surface area contributed by atoms with Crippen LogP contribution < -0.4 is 5.32 Å². The van der Waals surface area contributed by atoms with Gasteiger partial charge in [-0.3, -0.25) is 4.79 Å². The highest BCUT2D eigenvalue weighted by Crippen LogP contribution is 2.38. The van der Waals surface area contributed by atoms with Crippen LogP contribution in [0.15, 0.2) is 40.8 Å². The van der Waals surface area contributed by atoms with E-state index in [4.69, 9.17) is 4.42 Å². The fourth-order valence-corrected chi connectivity index (χ4v) is 5.69. The maximum atomic E-state index is 12.9. The summed E-state index contributed by atoms with van der Waals surface area (Å²) in [6.45, 7) is 2.79. The summed E-state index contributed by atoms with van der Waals surface area (Å²) in [5.74, 6) is 1.72. The molecule has 1 unspecified atom stereocenters. The quantitative estimate of drug-likeness (QED) is 0.810. The average Bonchev–Trinajstić information content (AvgIpc) is 3.21. The molecule has 1 aliphatic carbocycles. The van der Waals surface area contributed by atoms with Crippen molar-refractivity contribution in [2.45, 2.75) is 25.8 Å². The highest BCUT2D eigenvalue weighted by atomic mass is 32.2. The van der Waals surface area contributed by atoms with Crippen LogP contribution >= 0.6 is 0 Å². The summed E-state index contributed by atoms with van der Waals surface area (Å²) in [7, 11) is -0.312. The Morgan fingerprint density at radius 1 is 1.14 bits per heavy atom. The van der Waals surface area contributed by atoms with Gasteiger partial charge < -0.3 is 9.73 Å². The van der Waals surface area contributed by atoms with Crippen LogP contribution in [0.4, 0.5) is 0 Å². The second-order valence-electron chi connectivity index (χ2n) is 8.20. The zero-order valence-corrected chi connectivity index (χ0v) is 17.8. The van der Waals surface area contributed by atoms with Crippen LogP contribution in [0.1, 0.15) is 29.0 Å². The predicted octanol–water partition coefficient (Wildman–Crippen LogP) is 2.50. The number of nitrogens with zero attached hydrogens (tertiary/aromatic N) is 2. The molecule has 8 heteroatoms. The molecule has 0 radical (unpaired) electrons. The summed E-state index contributed by atoms with van der Waals surface area (Å²) in [5, 5.41) is 3.18. The maximum absolute atomic E-state index is 12.9. The van der Waals surface area contributed by atoms with Crippen molar-refractivity contribution >= 4 is 16.1 Å². The van der Waals surface area contributed by atoms with Gasteiger partial charge in [0.05, 0.1) is 0 Å². The molecule has 1 N–H and O–H groups in total. The number of hydrogen-bond donors (Lipinski definition) is 1. The van der Waals surface area contributed by atoms with Gasteiger partial charge in [-0.2, -0.15) is 17.0 Å². The fraction of sp³-hybridized carbons (Fsp3) is 0.476. The molecule has 1 amide bonds. The van der Waals surface area contributed by atoms with E-state index in [1.54, 1.807) is 24.5 Å². The predicted molar refractivity (Wildman–Crippen MR) is 111 cm³/mol. The van der Waals surface area contributed by atoms with Crippen molar-refractivity contribution in [3.63, 3.8) is 0 Å². The van der Waals surface area contributed by atoms with Gasteiger partial charge in [0.2, 0.25) is 0 Å². The number of piperidine rings is 1. The van der Waals surface area contributed by atoms with Crippen molar-refractivity contribution in [3.8, 4) is 11.3 Å². The van der Waals surface area contributed by atoms with E-state index in [2.05, 4.69) is 5.32 Å². The Morgan fingerprint density at radius 2 is 1.83 bits per heavy atom. The van der Waals surface area contributed by atoms with E-state index >= 15 is 0 Å². The molecule has 156 valence electrons. The van der Waals surface area contributed by atoms with Gasteiger partial charge in [0.1, 0.15) is 11.5 Å². The molecule has 7 nitrogen and oxygen atoms in total. The highest BCUT2D eigenvalue weighted by Gasteiger charge is 2.46. The smallest absolute Gasteiger partial charge is 0.281 e. The number of benzene rings is 1. The molecule has 2 bridgehead atoms. The van der Waals surface area contributed by atoms with Gasteiger partial charge in [0, 0.05) is 44.4 Å². The summed E-state index contributed by atoms with van der Waals surface area (Å²) in [4.78, 5) is 12.9. The highest BCUT2D eigenvalue weighted by molar-refractivity contribution is 7.86. The lowest BCUT2D eigenvalue weighted by atomic mass is 9.93. The SMILES string of the molecule is Cc1ccc(-c2cccc(C(=O)NC3[C@@H]4CC[C@H]3CN(S(=O)(=O)N(C)C)C4)c2)o1. The minimum absolute atomic E-state index is 0.00521. The molecule has 1 aromatic heterocycles. The van der Waals surface area contributed by atoms with Crippen molar-refractivity contribution in [1.82, 2.24) is 13.9 Å². The second-order valence-corrected chi connectivity index (χ2v) is 10.3. The monoisotopic (exact) mass is 417 g/mol. The van der Waals surface area contributed by atoms with Gasteiger partial charge in [-0.05, 0) is 55.9 Å². The summed E-state index contributed by atoms with van der Waals surface area (Å²) in [6.07, 6.45) is 1.86. The number of carbonyl (C=O) groups is 1. The Kier molecular flexibility index (Phi) is 5.27. The zero-order valence-electron chi connectivity index (χ0n) is 17.0. The van der Waals surface area contributed by atoms with Gasteiger partial charge in [-0.1, -0.05) is 12.1 Å². The summed E-state index contributed by atoms with van der Waals surface area (Å²) in [6, 6.07) is 11.2. The molecular formula is C21H27N3O4S. The zero-order chi connectivity index (χ0) is 20.8. The molecule has 29 heavy (non-hydrogen) atoms. The number of aryl methyl sites for hydroxylation is 1. The van der Waals surface area contributed by atoms with E-state index in [1.165, 1.54) is 4.31 Å². The lowest BCUT2D eigenvalue weighted by Crippen LogP contribution is -2.55. The number of hydrogen-bond acceptors (Lipinski definition) is 4.